The molecular weight excluding hydrogens is 368 g/mol. The highest BCUT2D eigenvalue weighted by Gasteiger charge is 2.17. The van der Waals surface area contributed by atoms with E-state index >= 15 is 0 Å². The predicted octanol–water partition coefficient (Wildman–Crippen LogP) is 5.04. The molecule has 0 fully saturated rings. The van der Waals surface area contributed by atoms with Crippen LogP contribution in [0.1, 0.15) is 33.6 Å². The zero-order valence-corrected chi connectivity index (χ0v) is 17.2. The minimum Gasteiger partial charge on any atom is -0.494 e. The molecule has 3 aromatic rings. The van der Waals surface area contributed by atoms with Gasteiger partial charge in [-0.2, -0.15) is 0 Å². The average molecular weight is 396 g/mol. The first kappa shape index (κ1) is 20.9. The van der Waals surface area contributed by atoms with Gasteiger partial charge in [0.05, 0.1) is 25.4 Å². The SMILES string of the molecule is CCCCOc1ccc(-c2cc3ccc(OCC(C)(C)CO)cc3oc2=O)cc1. The number of benzene rings is 2. The number of rotatable bonds is 9. The maximum atomic E-state index is 12.5. The van der Waals surface area contributed by atoms with Crippen LogP contribution in [0, 0.1) is 5.41 Å². The van der Waals surface area contributed by atoms with Gasteiger partial charge in [-0.3, -0.25) is 0 Å². The third-order valence-electron chi connectivity index (χ3n) is 4.70. The quantitative estimate of drug-likeness (QED) is 0.405. The first-order valence-corrected chi connectivity index (χ1v) is 9.97. The van der Waals surface area contributed by atoms with Crippen molar-refractivity contribution in [2.75, 3.05) is 19.8 Å². The number of fused-ring (bicyclic) bond motifs is 1. The minimum absolute atomic E-state index is 0.0292. The second-order valence-electron chi connectivity index (χ2n) is 7.98. The minimum atomic E-state index is -0.398. The molecule has 2 aromatic carbocycles. The monoisotopic (exact) mass is 396 g/mol. The van der Waals surface area contributed by atoms with Crippen LogP contribution in [0.5, 0.6) is 11.5 Å². The molecule has 5 nitrogen and oxygen atoms in total. The summed E-state index contributed by atoms with van der Waals surface area (Å²) in [6, 6.07) is 14.7. The van der Waals surface area contributed by atoms with Crippen LogP contribution in [0.3, 0.4) is 0 Å². The van der Waals surface area contributed by atoms with Gasteiger partial charge < -0.3 is 19.0 Å². The van der Waals surface area contributed by atoms with Gasteiger partial charge in [0.15, 0.2) is 0 Å². The molecule has 0 bridgehead atoms. The van der Waals surface area contributed by atoms with Gasteiger partial charge in [-0.15, -0.1) is 0 Å². The molecule has 0 aliphatic rings. The first-order chi connectivity index (χ1) is 13.9. The summed E-state index contributed by atoms with van der Waals surface area (Å²) in [6.45, 7) is 7.04. The highest BCUT2D eigenvalue weighted by atomic mass is 16.5. The van der Waals surface area contributed by atoms with E-state index in [-0.39, 0.29) is 12.0 Å². The fourth-order valence-corrected chi connectivity index (χ4v) is 2.77. The zero-order chi connectivity index (χ0) is 20.9. The van der Waals surface area contributed by atoms with E-state index in [0.717, 1.165) is 29.5 Å². The summed E-state index contributed by atoms with van der Waals surface area (Å²) in [4.78, 5) is 12.5. The Morgan fingerprint density at radius 1 is 1.00 bits per heavy atom. The van der Waals surface area contributed by atoms with Crippen LogP contribution in [0.25, 0.3) is 22.1 Å². The summed E-state index contributed by atoms with van der Waals surface area (Å²) in [7, 11) is 0. The van der Waals surface area contributed by atoms with Gasteiger partial charge in [0.1, 0.15) is 17.1 Å². The van der Waals surface area contributed by atoms with Gasteiger partial charge in [0.2, 0.25) is 0 Å². The largest absolute Gasteiger partial charge is 0.494 e. The highest BCUT2D eigenvalue weighted by Crippen LogP contribution is 2.26. The van der Waals surface area contributed by atoms with E-state index < -0.39 is 5.63 Å². The first-order valence-electron chi connectivity index (χ1n) is 9.97. The van der Waals surface area contributed by atoms with Crippen molar-refractivity contribution in [2.24, 2.45) is 5.41 Å². The van der Waals surface area contributed by atoms with E-state index in [4.69, 9.17) is 13.9 Å². The average Bonchev–Trinajstić information content (AvgIpc) is 2.72. The second-order valence-corrected chi connectivity index (χ2v) is 7.98. The Kier molecular flexibility index (Phi) is 6.60. The summed E-state index contributed by atoms with van der Waals surface area (Å²) in [6.07, 6.45) is 2.10. The van der Waals surface area contributed by atoms with E-state index in [1.165, 1.54) is 0 Å². The van der Waals surface area contributed by atoms with Crippen LogP contribution < -0.4 is 15.1 Å². The molecule has 154 valence electrons. The molecule has 0 aliphatic carbocycles. The maximum Gasteiger partial charge on any atom is 0.344 e. The van der Waals surface area contributed by atoms with Crippen LogP contribution in [0.4, 0.5) is 0 Å². The topological polar surface area (TPSA) is 68.9 Å². The number of unbranched alkanes of at least 4 members (excludes halogenated alkanes) is 1. The van der Waals surface area contributed by atoms with Crippen molar-refractivity contribution in [1.29, 1.82) is 0 Å². The molecule has 0 saturated heterocycles. The molecule has 0 amide bonds. The van der Waals surface area contributed by atoms with E-state index in [1.54, 1.807) is 6.07 Å². The van der Waals surface area contributed by atoms with Crippen molar-refractivity contribution in [3.05, 3.63) is 59.0 Å². The number of hydrogen-bond acceptors (Lipinski definition) is 5. The lowest BCUT2D eigenvalue weighted by Gasteiger charge is -2.21. The summed E-state index contributed by atoms with van der Waals surface area (Å²) in [5, 5.41) is 10.2. The number of aliphatic hydroxyl groups excluding tert-OH is 1. The number of hydrogen-bond donors (Lipinski definition) is 1. The predicted molar refractivity (Wildman–Crippen MR) is 115 cm³/mol. The smallest absolute Gasteiger partial charge is 0.344 e. The van der Waals surface area contributed by atoms with Crippen molar-refractivity contribution in [2.45, 2.75) is 33.6 Å². The van der Waals surface area contributed by atoms with Crippen molar-refractivity contribution in [1.82, 2.24) is 0 Å². The lowest BCUT2D eigenvalue weighted by molar-refractivity contribution is 0.0976. The molecule has 0 radical (unpaired) electrons. The van der Waals surface area contributed by atoms with Crippen LogP contribution >= 0.6 is 0 Å². The highest BCUT2D eigenvalue weighted by molar-refractivity contribution is 5.82. The van der Waals surface area contributed by atoms with Crippen molar-refractivity contribution in [3.63, 3.8) is 0 Å². The van der Waals surface area contributed by atoms with Crippen LogP contribution in [-0.2, 0) is 0 Å². The van der Waals surface area contributed by atoms with Gasteiger partial charge in [-0.05, 0) is 42.3 Å². The Labute approximate surface area is 170 Å². The fraction of sp³-hybridized carbons (Fsp3) is 0.375. The Morgan fingerprint density at radius 3 is 2.41 bits per heavy atom. The zero-order valence-electron chi connectivity index (χ0n) is 17.2. The summed E-state index contributed by atoms with van der Waals surface area (Å²) in [5.74, 6) is 1.39. The van der Waals surface area contributed by atoms with Gasteiger partial charge in [0.25, 0.3) is 0 Å². The van der Waals surface area contributed by atoms with Crippen LogP contribution in [0.15, 0.2) is 57.7 Å². The Hall–Kier alpha value is -2.79. The van der Waals surface area contributed by atoms with Crippen LogP contribution in [0.2, 0.25) is 0 Å². The van der Waals surface area contributed by atoms with E-state index in [1.807, 2.05) is 56.3 Å². The van der Waals surface area contributed by atoms with Gasteiger partial charge in [0, 0.05) is 16.9 Å². The van der Waals surface area contributed by atoms with Gasteiger partial charge >= 0.3 is 5.63 Å². The molecule has 1 aromatic heterocycles. The third kappa shape index (κ3) is 5.39. The van der Waals surface area contributed by atoms with E-state index in [0.29, 0.717) is 30.1 Å². The molecule has 0 saturated carbocycles. The molecule has 1 N–H and O–H groups in total. The Bertz CT molecular complexity index is 1000. The van der Waals surface area contributed by atoms with Crippen LogP contribution in [-0.4, -0.2) is 24.9 Å². The van der Waals surface area contributed by atoms with Crippen molar-refractivity contribution >= 4 is 11.0 Å². The number of aliphatic hydroxyl groups is 1. The molecule has 29 heavy (non-hydrogen) atoms. The lowest BCUT2D eigenvalue weighted by atomic mass is 9.96. The molecule has 0 atom stereocenters. The standard InChI is InChI=1S/C24H28O5/c1-4-5-12-27-19-9-6-17(7-10-19)21-13-18-8-11-20(14-22(18)29-23(21)26)28-16-24(2,3)15-25/h6-11,13-14,25H,4-5,12,15-16H2,1-3H3. The molecule has 0 unspecified atom stereocenters. The summed E-state index contributed by atoms with van der Waals surface area (Å²) >= 11 is 0. The molecule has 0 spiro atoms. The molecule has 5 heteroatoms. The molecule has 0 aliphatic heterocycles. The van der Waals surface area contributed by atoms with Crippen molar-refractivity contribution < 1.29 is 19.0 Å². The Balaban J connectivity index is 1.81. The van der Waals surface area contributed by atoms with Gasteiger partial charge in [-0.1, -0.05) is 39.3 Å². The molecule has 1 heterocycles. The molecular formula is C24H28O5. The second kappa shape index (κ2) is 9.14. The normalized spacial score (nSPS) is 11.6. The third-order valence-corrected chi connectivity index (χ3v) is 4.70. The lowest BCUT2D eigenvalue weighted by Crippen LogP contribution is -2.25. The Morgan fingerprint density at radius 2 is 1.72 bits per heavy atom. The fourth-order valence-electron chi connectivity index (χ4n) is 2.77. The van der Waals surface area contributed by atoms with E-state index in [2.05, 4.69) is 6.92 Å². The maximum absolute atomic E-state index is 12.5. The van der Waals surface area contributed by atoms with Gasteiger partial charge in [-0.25, -0.2) is 4.79 Å². The summed E-state index contributed by atoms with van der Waals surface area (Å²) < 4.78 is 17.0. The number of ether oxygens (including phenoxy) is 2. The molecule has 3 rings (SSSR count). The van der Waals surface area contributed by atoms with Crippen molar-refractivity contribution in [3.8, 4) is 22.6 Å². The van der Waals surface area contributed by atoms with E-state index in [9.17, 15) is 9.90 Å². The summed E-state index contributed by atoms with van der Waals surface area (Å²) in [5.41, 5.74) is 1.02.